The van der Waals surface area contributed by atoms with Gasteiger partial charge >= 0.3 is 0 Å². The number of hydrogen-bond donors (Lipinski definition) is 0. The smallest absolute Gasteiger partial charge is 0.187 e. The van der Waals surface area contributed by atoms with Crippen LogP contribution in [0.3, 0.4) is 0 Å². The molecule has 0 amide bonds. The average molecular weight is 655 g/mol. The summed E-state index contributed by atoms with van der Waals surface area (Å²) in [6.07, 6.45) is 2.85. The van der Waals surface area contributed by atoms with Crippen LogP contribution in [0.25, 0.3) is 33.0 Å². The van der Waals surface area contributed by atoms with Gasteiger partial charge in [-0.05, 0) is 65.8 Å². The number of hydrogen-bond acceptors (Lipinski definition) is 1. The number of aromatic nitrogens is 2. The van der Waals surface area contributed by atoms with Crippen LogP contribution >= 0.6 is 0 Å². The Kier molecular flexibility index (Phi) is 9.29. The molecule has 0 unspecified atom stereocenters. The van der Waals surface area contributed by atoms with Crippen LogP contribution in [0.15, 0.2) is 54.6 Å². The number of benzene rings is 3. The van der Waals surface area contributed by atoms with Gasteiger partial charge in [0.2, 0.25) is 0 Å². The zero-order chi connectivity index (χ0) is 25.1. The number of fused-ring (bicyclic) bond motifs is 1. The van der Waals surface area contributed by atoms with Crippen molar-refractivity contribution in [3.63, 3.8) is 0 Å². The second-order valence-corrected chi connectivity index (χ2v) is 10.9. The van der Waals surface area contributed by atoms with Gasteiger partial charge in [-0.1, -0.05) is 59.7 Å². The fraction of sp³-hybridized carbons (Fsp3) is 0.375. The van der Waals surface area contributed by atoms with Gasteiger partial charge in [0.15, 0.2) is 5.69 Å². The van der Waals surface area contributed by atoms with Crippen molar-refractivity contribution in [2.24, 2.45) is 17.8 Å². The van der Waals surface area contributed by atoms with Crippen molar-refractivity contribution >= 4 is 16.7 Å². The molecule has 0 N–H and O–H groups in total. The van der Waals surface area contributed by atoms with E-state index in [1.807, 2.05) is 18.2 Å². The van der Waals surface area contributed by atoms with E-state index in [-0.39, 0.29) is 20.1 Å². The Morgan fingerprint density at radius 3 is 2.03 bits per heavy atom. The molecule has 1 aromatic heterocycles. The molecular weight excluding hydrogens is 619 g/mol. The minimum absolute atomic E-state index is 0. The summed E-state index contributed by atoms with van der Waals surface area (Å²) in [5.74, 6) is 2.45. The molecule has 0 fully saturated rings. The van der Waals surface area contributed by atoms with Gasteiger partial charge in [-0.3, -0.25) is 4.98 Å². The SMILES string of the molecule is [C-]#[N+]c1cc(CC(C)C)c(-n2c(-c3[c-]cccc3)nc3cc(CC(C)C)ccc32)c(CC(C)C)c1.[Ir]. The molecule has 3 aromatic carbocycles. The summed E-state index contributed by atoms with van der Waals surface area (Å²) in [6.45, 7) is 21.2. The second-order valence-electron chi connectivity index (χ2n) is 10.9. The van der Waals surface area contributed by atoms with E-state index in [0.29, 0.717) is 17.8 Å². The van der Waals surface area contributed by atoms with Crippen LogP contribution in [0.1, 0.15) is 58.2 Å². The van der Waals surface area contributed by atoms with Gasteiger partial charge in [-0.15, -0.1) is 35.9 Å². The third-order valence-electron chi connectivity index (χ3n) is 6.17. The van der Waals surface area contributed by atoms with Crippen molar-refractivity contribution in [2.75, 3.05) is 0 Å². The van der Waals surface area contributed by atoms with E-state index >= 15 is 0 Å². The van der Waals surface area contributed by atoms with Gasteiger partial charge in [0.25, 0.3) is 0 Å². The first-order chi connectivity index (χ1) is 16.8. The van der Waals surface area contributed by atoms with E-state index in [1.165, 1.54) is 22.4 Å². The molecule has 4 heteroatoms. The molecule has 0 aliphatic rings. The van der Waals surface area contributed by atoms with Crippen LogP contribution < -0.4 is 0 Å². The predicted molar refractivity (Wildman–Crippen MR) is 147 cm³/mol. The summed E-state index contributed by atoms with van der Waals surface area (Å²) in [5, 5.41) is 0. The van der Waals surface area contributed by atoms with Crippen LogP contribution in [0, 0.1) is 30.4 Å². The fourth-order valence-electron chi connectivity index (χ4n) is 4.95. The van der Waals surface area contributed by atoms with Crippen LogP contribution in [-0.4, -0.2) is 9.55 Å². The largest absolute Gasteiger partial charge is 0.333 e. The Hall–Kier alpha value is -2.73. The monoisotopic (exact) mass is 655 g/mol. The summed E-state index contributed by atoms with van der Waals surface area (Å²) >= 11 is 0. The fourth-order valence-corrected chi connectivity index (χ4v) is 4.95. The molecule has 1 radical (unpaired) electrons. The molecule has 0 aliphatic heterocycles. The Morgan fingerprint density at radius 1 is 0.861 bits per heavy atom. The molecule has 36 heavy (non-hydrogen) atoms. The molecule has 1 heterocycles. The maximum Gasteiger partial charge on any atom is 0.187 e. The summed E-state index contributed by atoms with van der Waals surface area (Å²) in [7, 11) is 0. The van der Waals surface area contributed by atoms with Crippen molar-refractivity contribution in [3.8, 4) is 17.1 Å². The number of nitrogens with zero attached hydrogens (tertiary/aromatic N) is 3. The Labute approximate surface area is 230 Å². The van der Waals surface area contributed by atoms with E-state index in [0.717, 1.165) is 47.4 Å². The Balaban J connectivity index is 0.00000361. The van der Waals surface area contributed by atoms with E-state index in [9.17, 15) is 0 Å². The van der Waals surface area contributed by atoms with E-state index < -0.39 is 0 Å². The van der Waals surface area contributed by atoms with E-state index in [1.54, 1.807) is 0 Å². The summed E-state index contributed by atoms with van der Waals surface area (Å²) in [6, 6.07) is 22.4. The number of imidazole rings is 1. The predicted octanol–water partition coefficient (Wildman–Crippen LogP) is 8.64. The zero-order valence-electron chi connectivity index (χ0n) is 22.2. The molecule has 0 atom stereocenters. The maximum atomic E-state index is 7.74. The van der Waals surface area contributed by atoms with Crippen molar-refractivity contribution in [2.45, 2.75) is 60.8 Å². The van der Waals surface area contributed by atoms with Crippen molar-refractivity contribution < 1.29 is 20.1 Å². The van der Waals surface area contributed by atoms with Crippen LogP contribution in [-0.2, 0) is 39.4 Å². The first kappa shape index (κ1) is 27.9. The summed E-state index contributed by atoms with van der Waals surface area (Å²) in [5.41, 5.74) is 8.75. The molecule has 4 rings (SSSR count). The molecule has 0 bridgehead atoms. The Morgan fingerprint density at radius 2 is 1.50 bits per heavy atom. The Bertz CT molecular complexity index is 1330. The normalized spacial score (nSPS) is 11.3. The molecule has 189 valence electrons. The molecule has 0 spiro atoms. The van der Waals surface area contributed by atoms with Crippen molar-refractivity contribution in [3.05, 3.63) is 88.8 Å². The third kappa shape index (κ3) is 6.15. The first-order valence-corrected chi connectivity index (χ1v) is 12.8. The van der Waals surface area contributed by atoms with Gasteiger partial charge in [-0.2, -0.15) is 0 Å². The standard InChI is InChI=1S/C32H36N3.Ir/c1-21(2)15-24-13-14-30-29(18-24)34-32(25-11-9-8-10-12-25)35(30)31-26(16-22(3)4)19-28(33-7)20-27(31)17-23(5)6;/h8-11,13-14,18-23H,15-17H2,1-6H3;/q-1;. The molecule has 0 aliphatic carbocycles. The van der Waals surface area contributed by atoms with E-state index in [4.69, 9.17) is 11.6 Å². The van der Waals surface area contributed by atoms with Crippen LogP contribution in [0.2, 0.25) is 0 Å². The second kappa shape index (κ2) is 12.0. The average Bonchev–Trinajstić information content (AvgIpc) is 3.16. The van der Waals surface area contributed by atoms with Gasteiger partial charge in [0.1, 0.15) is 0 Å². The summed E-state index contributed by atoms with van der Waals surface area (Å²) < 4.78 is 2.34. The van der Waals surface area contributed by atoms with Crippen molar-refractivity contribution in [1.29, 1.82) is 0 Å². The minimum atomic E-state index is 0. The molecule has 0 saturated heterocycles. The topological polar surface area (TPSA) is 22.2 Å². The van der Waals surface area contributed by atoms with Gasteiger partial charge < -0.3 is 4.57 Å². The quantitative estimate of drug-likeness (QED) is 0.175. The van der Waals surface area contributed by atoms with E-state index in [2.05, 4.69) is 93.4 Å². The first-order valence-electron chi connectivity index (χ1n) is 12.8. The van der Waals surface area contributed by atoms with Crippen LogP contribution in [0.5, 0.6) is 0 Å². The van der Waals surface area contributed by atoms with Gasteiger partial charge in [0, 0.05) is 25.8 Å². The summed E-state index contributed by atoms with van der Waals surface area (Å²) in [4.78, 5) is 9.01. The zero-order valence-corrected chi connectivity index (χ0v) is 24.6. The number of rotatable bonds is 8. The molecule has 0 saturated carbocycles. The maximum absolute atomic E-state index is 7.74. The molecule has 3 nitrogen and oxygen atoms in total. The van der Waals surface area contributed by atoms with Crippen LogP contribution in [0.4, 0.5) is 5.69 Å². The molecular formula is C32H36IrN3-. The third-order valence-corrected chi connectivity index (χ3v) is 6.17. The minimum Gasteiger partial charge on any atom is -0.333 e. The molecule has 4 aromatic rings. The van der Waals surface area contributed by atoms with Gasteiger partial charge in [-0.25, -0.2) is 4.85 Å². The van der Waals surface area contributed by atoms with Gasteiger partial charge in [0.05, 0.1) is 23.4 Å². The van der Waals surface area contributed by atoms with Crippen molar-refractivity contribution in [1.82, 2.24) is 9.55 Å².